The molecule has 0 bridgehead atoms. The van der Waals surface area contributed by atoms with Crippen LogP contribution in [0.3, 0.4) is 0 Å². The van der Waals surface area contributed by atoms with E-state index in [9.17, 15) is 18.4 Å². The summed E-state index contributed by atoms with van der Waals surface area (Å²) in [5.74, 6) is -2.39. The normalized spacial score (nSPS) is 14.3. The third-order valence-corrected chi connectivity index (χ3v) is 4.01. The lowest BCUT2D eigenvalue weighted by molar-refractivity contribution is -0.118. The second kappa shape index (κ2) is 7.25. The molecular weight excluding hydrogens is 330 g/mol. The Morgan fingerprint density at radius 1 is 1.08 bits per heavy atom. The third kappa shape index (κ3) is 3.73. The quantitative estimate of drug-likeness (QED) is 0.859. The van der Waals surface area contributed by atoms with Gasteiger partial charge in [-0.15, -0.1) is 0 Å². The van der Waals surface area contributed by atoms with E-state index in [1.165, 1.54) is 18.3 Å². The summed E-state index contributed by atoms with van der Waals surface area (Å²) in [6.07, 6.45) is 2.36. The Bertz CT molecular complexity index is 754. The van der Waals surface area contributed by atoms with E-state index in [1.807, 2.05) is 4.90 Å². The number of carbonyl (C=O) groups excluding carboxylic acids is 2. The van der Waals surface area contributed by atoms with Crippen molar-refractivity contribution in [2.45, 2.75) is 0 Å². The molecule has 1 N–H and O–H groups in total. The van der Waals surface area contributed by atoms with Crippen molar-refractivity contribution >= 4 is 23.7 Å². The van der Waals surface area contributed by atoms with Crippen LogP contribution in [0, 0.1) is 11.6 Å². The molecule has 0 aliphatic carbocycles. The number of benzene rings is 1. The smallest absolute Gasteiger partial charge is 0.274 e. The van der Waals surface area contributed by atoms with E-state index >= 15 is 0 Å². The average Bonchev–Trinajstić information content (AvgIpc) is 2.65. The van der Waals surface area contributed by atoms with Crippen molar-refractivity contribution < 1.29 is 18.4 Å². The maximum Gasteiger partial charge on any atom is 0.274 e. The van der Waals surface area contributed by atoms with Gasteiger partial charge in [-0.25, -0.2) is 13.8 Å². The molecule has 1 aromatic heterocycles. The molecular formula is C17H16F2N4O2. The van der Waals surface area contributed by atoms with E-state index in [1.54, 1.807) is 11.0 Å². The molecule has 3 rings (SSSR count). The lowest BCUT2D eigenvalue weighted by Crippen LogP contribution is -2.45. The van der Waals surface area contributed by atoms with Crippen LogP contribution in [0.15, 0.2) is 36.5 Å². The van der Waals surface area contributed by atoms with Gasteiger partial charge in [0.25, 0.3) is 5.91 Å². The highest BCUT2D eigenvalue weighted by Gasteiger charge is 2.18. The minimum Gasteiger partial charge on any atom is -0.367 e. The molecule has 0 atom stereocenters. The van der Waals surface area contributed by atoms with Crippen LogP contribution in [-0.4, -0.2) is 48.4 Å². The molecule has 6 nitrogen and oxygen atoms in total. The molecule has 8 heteroatoms. The summed E-state index contributed by atoms with van der Waals surface area (Å²) in [7, 11) is 0. The minimum absolute atomic E-state index is 0.0536. The number of aromatic nitrogens is 1. The van der Waals surface area contributed by atoms with Crippen molar-refractivity contribution in [3.63, 3.8) is 0 Å². The number of rotatable bonds is 4. The van der Waals surface area contributed by atoms with Gasteiger partial charge in [0.05, 0.1) is 11.9 Å². The molecule has 25 heavy (non-hydrogen) atoms. The second-order valence-electron chi connectivity index (χ2n) is 5.58. The van der Waals surface area contributed by atoms with Crippen LogP contribution in [-0.2, 0) is 4.79 Å². The Labute approximate surface area is 143 Å². The predicted molar refractivity (Wildman–Crippen MR) is 88.4 cm³/mol. The number of hydrogen-bond donors (Lipinski definition) is 1. The van der Waals surface area contributed by atoms with Crippen molar-refractivity contribution in [3.05, 3.63) is 53.9 Å². The van der Waals surface area contributed by atoms with Gasteiger partial charge in [0.2, 0.25) is 6.41 Å². The summed E-state index contributed by atoms with van der Waals surface area (Å²) in [5, 5.41) is 2.20. The molecule has 1 aliphatic heterocycles. The van der Waals surface area contributed by atoms with Gasteiger partial charge in [-0.05, 0) is 24.3 Å². The highest BCUT2D eigenvalue weighted by atomic mass is 19.1. The fourth-order valence-electron chi connectivity index (χ4n) is 2.59. The summed E-state index contributed by atoms with van der Waals surface area (Å²) in [4.78, 5) is 30.6. The van der Waals surface area contributed by atoms with Crippen LogP contribution in [0.1, 0.15) is 10.5 Å². The van der Waals surface area contributed by atoms with Crippen LogP contribution in [0.2, 0.25) is 0 Å². The van der Waals surface area contributed by atoms with Gasteiger partial charge in [0.1, 0.15) is 23.0 Å². The van der Waals surface area contributed by atoms with Crippen LogP contribution >= 0.6 is 0 Å². The lowest BCUT2D eigenvalue weighted by atomic mass is 10.2. The molecule has 130 valence electrons. The van der Waals surface area contributed by atoms with Gasteiger partial charge in [-0.1, -0.05) is 6.07 Å². The van der Waals surface area contributed by atoms with Crippen molar-refractivity contribution in [2.24, 2.45) is 0 Å². The van der Waals surface area contributed by atoms with Gasteiger partial charge in [0, 0.05) is 26.2 Å². The molecule has 1 saturated heterocycles. The van der Waals surface area contributed by atoms with Crippen molar-refractivity contribution in [2.75, 3.05) is 36.4 Å². The molecule has 2 aromatic rings. The highest BCUT2D eigenvalue weighted by Crippen LogP contribution is 2.20. The van der Waals surface area contributed by atoms with Crippen molar-refractivity contribution in [1.82, 2.24) is 9.88 Å². The number of piperazine rings is 1. The minimum atomic E-state index is -0.849. The van der Waals surface area contributed by atoms with E-state index in [4.69, 9.17) is 0 Å². The van der Waals surface area contributed by atoms with Gasteiger partial charge < -0.3 is 15.1 Å². The fraction of sp³-hybridized carbons (Fsp3) is 0.235. The number of hydrogen-bond acceptors (Lipinski definition) is 4. The zero-order valence-corrected chi connectivity index (χ0v) is 13.3. The number of halogens is 2. The molecule has 2 heterocycles. The Morgan fingerprint density at radius 3 is 2.32 bits per heavy atom. The van der Waals surface area contributed by atoms with Gasteiger partial charge in [-0.2, -0.15) is 0 Å². The average molecular weight is 346 g/mol. The largest absolute Gasteiger partial charge is 0.367 e. The predicted octanol–water partition coefficient (Wildman–Crippen LogP) is 1.89. The molecule has 0 saturated carbocycles. The summed E-state index contributed by atoms with van der Waals surface area (Å²) in [5.41, 5.74) is 0.375. The van der Waals surface area contributed by atoms with Gasteiger partial charge in [0.15, 0.2) is 0 Å². The molecule has 1 aromatic carbocycles. The SMILES string of the molecule is O=CN1CCN(c2ccc(C(=O)Nc3c(F)cccc3F)nc2)CC1. The van der Waals surface area contributed by atoms with Gasteiger partial charge >= 0.3 is 0 Å². The topological polar surface area (TPSA) is 65.5 Å². The van der Waals surface area contributed by atoms with Crippen molar-refractivity contribution in [3.8, 4) is 0 Å². The molecule has 2 amide bonds. The number of amides is 2. The molecule has 0 unspecified atom stereocenters. The molecule has 1 aliphatic rings. The first-order valence-corrected chi connectivity index (χ1v) is 7.74. The Balaban J connectivity index is 1.68. The van der Waals surface area contributed by atoms with Crippen LogP contribution < -0.4 is 10.2 Å². The fourth-order valence-corrected chi connectivity index (χ4v) is 2.59. The lowest BCUT2D eigenvalue weighted by Gasteiger charge is -2.33. The Morgan fingerprint density at radius 2 is 1.76 bits per heavy atom. The number of para-hydroxylation sites is 1. The van der Waals surface area contributed by atoms with E-state index in [2.05, 4.69) is 10.3 Å². The summed E-state index contributed by atoms with van der Waals surface area (Å²) in [6, 6.07) is 6.56. The van der Waals surface area contributed by atoms with Gasteiger partial charge in [-0.3, -0.25) is 9.59 Å². The van der Waals surface area contributed by atoms with Crippen LogP contribution in [0.25, 0.3) is 0 Å². The Hall–Kier alpha value is -3.03. The first kappa shape index (κ1) is 16.8. The summed E-state index contributed by atoms with van der Waals surface area (Å²) < 4.78 is 27.2. The zero-order valence-electron chi connectivity index (χ0n) is 13.3. The first-order chi connectivity index (χ1) is 12.1. The highest BCUT2D eigenvalue weighted by molar-refractivity contribution is 6.03. The van der Waals surface area contributed by atoms with Crippen molar-refractivity contribution in [1.29, 1.82) is 0 Å². The standard InChI is InChI=1S/C17H16F2N4O2/c18-13-2-1-3-14(19)16(13)21-17(25)15-5-4-12(10-20-15)23-8-6-22(11-24)7-9-23/h1-5,10-11H,6-9H2,(H,21,25). The maximum atomic E-state index is 13.6. The molecule has 1 fully saturated rings. The zero-order chi connectivity index (χ0) is 17.8. The summed E-state index contributed by atoms with van der Waals surface area (Å²) in [6.45, 7) is 2.59. The maximum absolute atomic E-state index is 13.6. The first-order valence-electron chi connectivity index (χ1n) is 7.74. The van der Waals surface area contributed by atoms with Crippen LogP contribution in [0.4, 0.5) is 20.2 Å². The Kier molecular flexibility index (Phi) is 4.87. The van der Waals surface area contributed by atoms with E-state index in [0.29, 0.717) is 26.2 Å². The monoisotopic (exact) mass is 346 g/mol. The van der Waals surface area contributed by atoms with Crippen LogP contribution in [0.5, 0.6) is 0 Å². The van der Waals surface area contributed by atoms with E-state index < -0.39 is 23.2 Å². The number of nitrogens with one attached hydrogen (secondary N) is 1. The number of anilines is 2. The third-order valence-electron chi connectivity index (χ3n) is 4.01. The number of carbonyl (C=O) groups is 2. The number of nitrogens with zero attached hydrogens (tertiary/aromatic N) is 3. The van der Waals surface area contributed by atoms with E-state index in [0.717, 1.165) is 24.2 Å². The summed E-state index contributed by atoms with van der Waals surface area (Å²) >= 11 is 0. The van der Waals surface area contributed by atoms with E-state index in [-0.39, 0.29) is 5.69 Å². The second-order valence-corrected chi connectivity index (χ2v) is 5.58. The molecule has 0 spiro atoms. The number of pyridine rings is 1. The molecule has 0 radical (unpaired) electrons.